The number of carbonyl (C=O) groups is 3. The Bertz CT molecular complexity index is 1350. The van der Waals surface area contributed by atoms with Gasteiger partial charge in [0.25, 0.3) is 5.91 Å². The summed E-state index contributed by atoms with van der Waals surface area (Å²) in [7, 11) is 0. The van der Waals surface area contributed by atoms with Crippen molar-refractivity contribution in [3.63, 3.8) is 0 Å². The van der Waals surface area contributed by atoms with Crippen molar-refractivity contribution in [3.05, 3.63) is 65.7 Å². The smallest absolute Gasteiger partial charge is 0.475 e. The van der Waals surface area contributed by atoms with Gasteiger partial charge >= 0.3 is 12.1 Å². The first-order valence-electron chi connectivity index (χ1n) is 12.6. The van der Waals surface area contributed by atoms with Crippen LogP contribution in [0.4, 0.5) is 18.9 Å². The predicted octanol–water partition coefficient (Wildman–Crippen LogP) is 3.92. The molecule has 2 aliphatic rings. The van der Waals surface area contributed by atoms with Crippen LogP contribution >= 0.6 is 0 Å². The topological polar surface area (TPSA) is 98.5 Å². The van der Waals surface area contributed by atoms with Gasteiger partial charge in [0, 0.05) is 51.5 Å². The van der Waals surface area contributed by atoms with Crippen LogP contribution in [0.1, 0.15) is 47.7 Å². The molecule has 39 heavy (non-hydrogen) atoms. The Balaban J connectivity index is 0.000000448. The van der Waals surface area contributed by atoms with Crippen molar-refractivity contribution in [1.82, 2.24) is 19.2 Å². The van der Waals surface area contributed by atoms with E-state index in [0.717, 1.165) is 43.8 Å². The maximum absolute atomic E-state index is 13.5. The third-order valence-corrected chi connectivity index (χ3v) is 6.94. The number of fused-ring (bicyclic) bond motifs is 1. The minimum atomic E-state index is -5.08. The van der Waals surface area contributed by atoms with E-state index in [-0.39, 0.29) is 17.9 Å². The Morgan fingerprint density at radius 3 is 2.21 bits per heavy atom. The zero-order chi connectivity index (χ0) is 28.3. The van der Waals surface area contributed by atoms with Gasteiger partial charge in [0.1, 0.15) is 5.82 Å². The van der Waals surface area contributed by atoms with Gasteiger partial charge in [-0.1, -0.05) is 23.8 Å². The lowest BCUT2D eigenvalue weighted by atomic mass is 10.2. The van der Waals surface area contributed by atoms with Gasteiger partial charge in [-0.15, -0.1) is 0 Å². The number of benzene rings is 1. The van der Waals surface area contributed by atoms with E-state index in [9.17, 15) is 22.8 Å². The minimum absolute atomic E-state index is 0.0316. The average molecular weight is 546 g/mol. The third-order valence-electron chi connectivity index (χ3n) is 6.94. The maximum Gasteiger partial charge on any atom is 0.490 e. The van der Waals surface area contributed by atoms with Gasteiger partial charge in [0.05, 0.1) is 11.6 Å². The highest BCUT2D eigenvalue weighted by Crippen LogP contribution is 2.33. The third kappa shape index (κ3) is 6.15. The molecule has 3 aromatic rings. The SMILES string of the molecule is CC(=O)N1CCCC1c1nc(C(=O)N2CCN(c3ccc(C)cc3)CC2)c2ccccn12.O=C(O)C(F)(F)F. The second kappa shape index (κ2) is 11.3. The van der Waals surface area contributed by atoms with Gasteiger partial charge in [0.2, 0.25) is 5.91 Å². The normalized spacial score (nSPS) is 17.7. The summed E-state index contributed by atoms with van der Waals surface area (Å²) in [5.41, 5.74) is 3.74. The number of alkyl halides is 3. The molecule has 2 fully saturated rings. The van der Waals surface area contributed by atoms with E-state index < -0.39 is 12.1 Å². The number of aryl methyl sites for hydroxylation is 1. The molecule has 0 bridgehead atoms. The average Bonchev–Trinajstić information content (AvgIpc) is 3.54. The Labute approximate surface area is 223 Å². The fourth-order valence-corrected chi connectivity index (χ4v) is 4.94. The summed E-state index contributed by atoms with van der Waals surface area (Å²) in [5.74, 6) is -1.95. The number of aromatic nitrogens is 2. The number of carbonyl (C=O) groups excluding carboxylic acids is 2. The van der Waals surface area contributed by atoms with Gasteiger partial charge < -0.3 is 24.2 Å². The maximum atomic E-state index is 13.5. The molecule has 2 aromatic heterocycles. The van der Waals surface area contributed by atoms with Gasteiger partial charge in [-0.2, -0.15) is 13.2 Å². The van der Waals surface area contributed by atoms with Gasteiger partial charge in [0.15, 0.2) is 5.69 Å². The minimum Gasteiger partial charge on any atom is -0.475 e. The summed E-state index contributed by atoms with van der Waals surface area (Å²) >= 11 is 0. The van der Waals surface area contributed by atoms with Crippen LogP contribution in [0.2, 0.25) is 0 Å². The van der Waals surface area contributed by atoms with Crippen LogP contribution in [0, 0.1) is 6.92 Å². The molecule has 208 valence electrons. The van der Waals surface area contributed by atoms with Crippen LogP contribution in [0.3, 0.4) is 0 Å². The fourth-order valence-electron chi connectivity index (χ4n) is 4.94. The lowest BCUT2D eigenvalue weighted by Crippen LogP contribution is -2.49. The number of amides is 2. The van der Waals surface area contributed by atoms with E-state index in [2.05, 4.69) is 36.1 Å². The first-order chi connectivity index (χ1) is 18.5. The van der Waals surface area contributed by atoms with Crippen molar-refractivity contribution in [2.45, 2.75) is 38.9 Å². The van der Waals surface area contributed by atoms with Crippen molar-refractivity contribution in [3.8, 4) is 0 Å². The second-order valence-corrected chi connectivity index (χ2v) is 9.56. The Morgan fingerprint density at radius 2 is 1.62 bits per heavy atom. The molecule has 5 rings (SSSR count). The van der Waals surface area contributed by atoms with Crippen molar-refractivity contribution in [2.24, 2.45) is 0 Å². The number of carboxylic acids is 1. The monoisotopic (exact) mass is 545 g/mol. The number of nitrogens with zero attached hydrogens (tertiary/aromatic N) is 5. The van der Waals surface area contributed by atoms with E-state index in [1.165, 1.54) is 11.3 Å². The number of imidazole rings is 1. The summed E-state index contributed by atoms with van der Waals surface area (Å²) < 4.78 is 33.7. The van der Waals surface area contributed by atoms with Crippen molar-refractivity contribution in [1.29, 1.82) is 0 Å². The molecule has 2 saturated heterocycles. The number of pyridine rings is 1. The summed E-state index contributed by atoms with van der Waals surface area (Å²) in [6, 6.07) is 14.3. The molecule has 0 saturated carbocycles. The van der Waals surface area contributed by atoms with Crippen LogP contribution in [0.15, 0.2) is 48.7 Å². The highest BCUT2D eigenvalue weighted by molar-refractivity contribution is 5.99. The van der Waals surface area contributed by atoms with Crippen LogP contribution in [-0.4, -0.2) is 81.0 Å². The van der Waals surface area contributed by atoms with Gasteiger partial charge in [-0.3, -0.25) is 9.59 Å². The molecule has 4 heterocycles. The van der Waals surface area contributed by atoms with Crippen LogP contribution < -0.4 is 4.90 Å². The first kappa shape index (κ1) is 27.9. The number of rotatable bonds is 3. The number of piperazine rings is 1. The second-order valence-electron chi connectivity index (χ2n) is 9.56. The summed E-state index contributed by atoms with van der Waals surface area (Å²) in [6.07, 6.45) is -1.31. The molecular weight excluding hydrogens is 515 g/mol. The van der Waals surface area contributed by atoms with E-state index in [4.69, 9.17) is 14.9 Å². The molecule has 0 spiro atoms. The lowest BCUT2D eigenvalue weighted by Gasteiger charge is -2.36. The largest absolute Gasteiger partial charge is 0.490 e. The molecule has 0 aliphatic carbocycles. The van der Waals surface area contributed by atoms with Crippen molar-refractivity contribution in [2.75, 3.05) is 37.6 Å². The Hall–Kier alpha value is -4.09. The molecule has 1 unspecified atom stereocenters. The van der Waals surface area contributed by atoms with Gasteiger partial charge in [-0.05, 0) is 44.0 Å². The fraction of sp³-hybridized carbons (Fsp3) is 0.407. The van der Waals surface area contributed by atoms with Gasteiger partial charge in [-0.25, -0.2) is 9.78 Å². The molecule has 0 radical (unpaired) electrons. The number of hydrogen-bond donors (Lipinski definition) is 1. The summed E-state index contributed by atoms with van der Waals surface area (Å²) in [4.78, 5) is 45.4. The van der Waals surface area contributed by atoms with Crippen LogP contribution in [0.5, 0.6) is 0 Å². The predicted molar refractivity (Wildman–Crippen MR) is 138 cm³/mol. The van der Waals surface area contributed by atoms with Crippen molar-refractivity contribution >= 4 is 29.0 Å². The number of anilines is 1. The highest BCUT2D eigenvalue weighted by Gasteiger charge is 2.38. The van der Waals surface area contributed by atoms with Crippen molar-refractivity contribution < 1.29 is 32.7 Å². The zero-order valence-corrected chi connectivity index (χ0v) is 21.7. The van der Waals surface area contributed by atoms with Crippen LogP contribution in [0.25, 0.3) is 5.52 Å². The highest BCUT2D eigenvalue weighted by atomic mass is 19.4. The molecular formula is C27H30F3N5O4. The molecule has 12 heteroatoms. The first-order valence-corrected chi connectivity index (χ1v) is 12.6. The van der Waals surface area contributed by atoms with Crippen LogP contribution in [-0.2, 0) is 9.59 Å². The number of likely N-dealkylation sites (tertiary alicyclic amines) is 1. The molecule has 2 amide bonds. The standard InChI is InChI=1S/C25H29N5O2.C2HF3O2/c1-18-8-10-20(11-9-18)27-14-16-28(17-15-27)25(32)23-21-6-3-4-12-30(21)24(26-23)22-7-5-13-29(22)19(2)31;3-2(4,5)1(6)7/h3-4,6,8-12,22H,5,7,13-17H2,1-2H3;(H,6,7). The molecule has 9 nitrogen and oxygen atoms in total. The molecule has 1 aromatic carbocycles. The summed E-state index contributed by atoms with van der Waals surface area (Å²) in [5, 5.41) is 7.12. The quantitative estimate of drug-likeness (QED) is 0.536. The molecule has 1 N–H and O–H groups in total. The Kier molecular flexibility index (Phi) is 8.12. The molecule has 1 atom stereocenters. The van der Waals surface area contributed by atoms with E-state index >= 15 is 0 Å². The van der Waals surface area contributed by atoms with E-state index in [1.807, 2.05) is 38.6 Å². The summed E-state index contributed by atoms with van der Waals surface area (Å²) in [6.45, 7) is 7.36. The number of hydrogen-bond acceptors (Lipinski definition) is 5. The molecule has 2 aliphatic heterocycles. The number of halogens is 3. The Morgan fingerprint density at radius 1 is 0.974 bits per heavy atom. The lowest BCUT2D eigenvalue weighted by molar-refractivity contribution is -0.192. The number of aliphatic carboxylic acids is 1. The van der Waals surface area contributed by atoms with E-state index in [1.54, 1.807) is 6.92 Å². The number of carboxylic acid groups (broad SMARTS) is 1. The zero-order valence-electron chi connectivity index (χ0n) is 21.7. The van der Waals surface area contributed by atoms with E-state index in [0.29, 0.717) is 18.8 Å².